The summed E-state index contributed by atoms with van der Waals surface area (Å²) in [4.78, 5) is 21.3. The van der Waals surface area contributed by atoms with Crippen LogP contribution < -0.4 is 4.74 Å². The molecule has 1 aliphatic rings. The van der Waals surface area contributed by atoms with Gasteiger partial charge in [0.1, 0.15) is 11.6 Å². The Bertz CT molecular complexity index is 1000. The third kappa shape index (κ3) is 4.33. The molecule has 0 N–H and O–H groups in total. The van der Waals surface area contributed by atoms with Crippen LogP contribution in [0.5, 0.6) is 5.75 Å². The van der Waals surface area contributed by atoms with Crippen molar-refractivity contribution in [1.29, 1.82) is 0 Å². The number of fused-ring (bicyclic) bond motifs is 1. The van der Waals surface area contributed by atoms with Crippen LogP contribution in [0.25, 0.3) is 11.0 Å². The number of likely N-dealkylation sites (tertiary alicyclic amines) is 1. The van der Waals surface area contributed by atoms with Crippen molar-refractivity contribution in [2.24, 2.45) is 5.92 Å². The molecule has 1 amide bonds. The molecule has 4 rings (SSSR count). The van der Waals surface area contributed by atoms with E-state index in [0.717, 1.165) is 61.6 Å². The fourth-order valence-electron chi connectivity index (χ4n) is 4.24. The van der Waals surface area contributed by atoms with Crippen LogP contribution in [0.3, 0.4) is 0 Å². The highest BCUT2D eigenvalue weighted by atomic mass is 16.5. The Morgan fingerprint density at radius 3 is 2.43 bits per heavy atom. The normalized spacial score (nSPS) is 15.4. The first kappa shape index (κ1) is 20.4. The Kier molecular flexibility index (Phi) is 6.04. The number of hydrogen-bond acceptors (Lipinski definition) is 4. The van der Waals surface area contributed by atoms with Crippen LogP contribution >= 0.6 is 0 Å². The number of aromatic nitrogens is 2. The van der Waals surface area contributed by atoms with Crippen molar-refractivity contribution in [3.05, 3.63) is 59.9 Å². The van der Waals surface area contributed by atoms with Crippen molar-refractivity contribution in [2.45, 2.75) is 25.9 Å². The largest absolute Gasteiger partial charge is 0.497 e. The van der Waals surface area contributed by atoms with Crippen LogP contribution in [-0.4, -0.2) is 59.6 Å². The first-order valence-corrected chi connectivity index (χ1v) is 10.6. The van der Waals surface area contributed by atoms with Crippen molar-refractivity contribution < 1.29 is 9.53 Å². The summed E-state index contributed by atoms with van der Waals surface area (Å²) in [6, 6.07) is 16.5. The summed E-state index contributed by atoms with van der Waals surface area (Å²) in [5.74, 6) is 2.34. The summed E-state index contributed by atoms with van der Waals surface area (Å²) < 4.78 is 7.60. The number of para-hydroxylation sites is 2. The standard InChI is InChI=1S/C24H30N4O2/c1-26(2)24(29)19-12-14-27(15-13-19)17-23-25-21-6-4-5-7-22(21)28(23)16-18-8-10-20(30-3)11-9-18/h4-11,19H,12-17H2,1-3H3. The van der Waals surface area contributed by atoms with Gasteiger partial charge in [-0.1, -0.05) is 24.3 Å². The molecule has 0 atom stereocenters. The Morgan fingerprint density at radius 2 is 1.77 bits per heavy atom. The summed E-state index contributed by atoms with van der Waals surface area (Å²) in [5, 5.41) is 0. The number of ether oxygens (including phenoxy) is 1. The average Bonchev–Trinajstić information content (AvgIpc) is 3.11. The number of carbonyl (C=O) groups excluding carboxylic acids is 1. The molecule has 0 bridgehead atoms. The van der Waals surface area contributed by atoms with Crippen molar-refractivity contribution >= 4 is 16.9 Å². The molecule has 6 nitrogen and oxygen atoms in total. The Morgan fingerprint density at radius 1 is 1.07 bits per heavy atom. The molecular weight excluding hydrogens is 376 g/mol. The highest BCUT2D eigenvalue weighted by Crippen LogP contribution is 2.24. The monoisotopic (exact) mass is 406 g/mol. The molecule has 1 aliphatic heterocycles. The number of benzene rings is 2. The summed E-state index contributed by atoms with van der Waals surface area (Å²) >= 11 is 0. The van der Waals surface area contributed by atoms with E-state index in [1.807, 2.05) is 32.3 Å². The summed E-state index contributed by atoms with van der Waals surface area (Å²) in [7, 11) is 5.37. The topological polar surface area (TPSA) is 50.6 Å². The maximum atomic E-state index is 12.3. The van der Waals surface area contributed by atoms with Crippen LogP contribution in [-0.2, 0) is 17.9 Å². The van der Waals surface area contributed by atoms with Crippen molar-refractivity contribution in [3.8, 4) is 5.75 Å². The van der Waals surface area contributed by atoms with Crippen LogP contribution in [0.2, 0.25) is 0 Å². The van der Waals surface area contributed by atoms with Gasteiger partial charge in [0.05, 0.1) is 24.7 Å². The second-order valence-corrected chi connectivity index (χ2v) is 8.23. The van der Waals surface area contributed by atoms with E-state index in [9.17, 15) is 4.79 Å². The molecule has 2 aromatic carbocycles. The van der Waals surface area contributed by atoms with Gasteiger partial charge in [-0.25, -0.2) is 4.98 Å². The number of rotatable bonds is 6. The van der Waals surface area contributed by atoms with Crippen LogP contribution in [0.15, 0.2) is 48.5 Å². The van der Waals surface area contributed by atoms with E-state index >= 15 is 0 Å². The minimum absolute atomic E-state index is 0.148. The first-order valence-electron chi connectivity index (χ1n) is 10.6. The maximum Gasteiger partial charge on any atom is 0.225 e. The molecule has 3 aromatic rings. The predicted molar refractivity (Wildman–Crippen MR) is 119 cm³/mol. The van der Waals surface area contributed by atoms with E-state index in [2.05, 4.69) is 39.8 Å². The predicted octanol–water partition coefficient (Wildman–Crippen LogP) is 3.39. The lowest BCUT2D eigenvalue weighted by atomic mass is 9.95. The highest BCUT2D eigenvalue weighted by molar-refractivity contribution is 5.78. The fourth-order valence-corrected chi connectivity index (χ4v) is 4.24. The van der Waals surface area contributed by atoms with Gasteiger partial charge in [0.2, 0.25) is 5.91 Å². The van der Waals surface area contributed by atoms with Crippen LogP contribution in [0.1, 0.15) is 24.2 Å². The SMILES string of the molecule is COc1ccc(Cn2c(CN3CCC(C(=O)N(C)C)CC3)nc3ccccc32)cc1. The molecule has 158 valence electrons. The van der Waals surface area contributed by atoms with Crippen molar-refractivity contribution in [2.75, 3.05) is 34.3 Å². The second-order valence-electron chi connectivity index (χ2n) is 8.23. The van der Waals surface area contributed by atoms with Gasteiger partial charge >= 0.3 is 0 Å². The minimum atomic E-state index is 0.148. The lowest BCUT2D eigenvalue weighted by molar-refractivity contribution is -0.134. The van der Waals surface area contributed by atoms with E-state index in [0.29, 0.717) is 0 Å². The van der Waals surface area contributed by atoms with E-state index in [1.54, 1.807) is 12.0 Å². The summed E-state index contributed by atoms with van der Waals surface area (Å²) in [6.45, 7) is 3.43. The molecular formula is C24H30N4O2. The van der Waals surface area contributed by atoms with E-state index in [4.69, 9.17) is 9.72 Å². The number of hydrogen-bond donors (Lipinski definition) is 0. The van der Waals surface area contributed by atoms with Gasteiger partial charge in [-0.05, 0) is 55.8 Å². The summed E-state index contributed by atoms with van der Waals surface area (Å²) in [5.41, 5.74) is 3.40. The molecule has 1 saturated heterocycles. The number of imidazole rings is 1. The Labute approximate surface area is 178 Å². The number of carbonyl (C=O) groups is 1. The van der Waals surface area contributed by atoms with Gasteiger partial charge in [0.25, 0.3) is 0 Å². The van der Waals surface area contributed by atoms with Gasteiger partial charge in [0, 0.05) is 26.6 Å². The lowest BCUT2D eigenvalue weighted by Gasteiger charge is -2.32. The zero-order chi connectivity index (χ0) is 21.1. The summed E-state index contributed by atoms with van der Waals surface area (Å²) in [6.07, 6.45) is 1.82. The Balaban J connectivity index is 1.52. The van der Waals surface area contributed by atoms with E-state index < -0.39 is 0 Å². The molecule has 1 fully saturated rings. The van der Waals surface area contributed by atoms with Gasteiger partial charge in [-0.2, -0.15) is 0 Å². The molecule has 2 heterocycles. The van der Waals surface area contributed by atoms with Gasteiger partial charge in [0.15, 0.2) is 0 Å². The zero-order valence-corrected chi connectivity index (χ0v) is 18.0. The zero-order valence-electron chi connectivity index (χ0n) is 18.0. The van der Waals surface area contributed by atoms with Crippen LogP contribution in [0, 0.1) is 5.92 Å². The molecule has 6 heteroatoms. The number of methoxy groups -OCH3 is 1. The van der Waals surface area contributed by atoms with Gasteiger partial charge in [-0.3, -0.25) is 9.69 Å². The lowest BCUT2D eigenvalue weighted by Crippen LogP contribution is -2.40. The second kappa shape index (κ2) is 8.88. The van der Waals surface area contributed by atoms with Crippen molar-refractivity contribution in [1.82, 2.24) is 19.4 Å². The number of nitrogens with zero attached hydrogens (tertiary/aromatic N) is 4. The maximum absolute atomic E-state index is 12.3. The number of amides is 1. The van der Waals surface area contributed by atoms with E-state index in [1.165, 1.54) is 5.56 Å². The molecule has 1 aromatic heterocycles. The third-order valence-electron chi connectivity index (χ3n) is 5.98. The smallest absolute Gasteiger partial charge is 0.225 e. The van der Waals surface area contributed by atoms with Gasteiger partial charge in [-0.15, -0.1) is 0 Å². The minimum Gasteiger partial charge on any atom is -0.497 e. The molecule has 0 radical (unpaired) electrons. The van der Waals surface area contributed by atoms with Gasteiger partial charge < -0.3 is 14.2 Å². The molecule has 0 saturated carbocycles. The van der Waals surface area contributed by atoms with E-state index in [-0.39, 0.29) is 11.8 Å². The molecule has 0 unspecified atom stereocenters. The molecule has 0 spiro atoms. The molecule has 30 heavy (non-hydrogen) atoms. The quantitative estimate of drug-likeness (QED) is 0.630. The fraction of sp³-hybridized carbons (Fsp3) is 0.417. The Hall–Kier alpha value is -2.86. The van der Waals surface area contributed by atoms with Crippen molar-refractivity contribution in [3.63, 3.8) is 0 Å². The molecule has 0 aliphatic carbocycles. The number of piperidine rings is 1. The van der Waals surface area contributed by atoms with Crippen LogP contribution in [0.4, 0.5) is 0 Å². The highest BCUT2D eigenvalue weighted by Gasteiger charge is 2.27. The third-order valence-corrected chi connectivity index (χ3v) is 5.98. The first-order chi connectivity index (χ1) is 14.5. The average molecular weight is 407 g/mol.